The third-order valence-electron chi connectivity index (χ3n) is 4.35. The Balaban J connectivity index is 1.40. The molecule has 3 aromatic rings. The Morgan fingerprint density at radius 2 is 1.85 bits per heavy atom. The second-order valence-electron chi connectivity index (χ2n) is 6.24. The van der Waals surface area contributed by atoms with Crippen molar-refractivity contribution < 1.29 is 8.42 Å². The first-order chi connectivity index (χ1) is 13.1. The number of benzene rings is 1. The summed E-state index contributed by atoms with van der Waals surface area (Å²) in [5.41, 5.74) is 2.12. The van der Waals surface area contributed by atoms with E-state index in [2.05, 4.69) is 27.5 Å². The molecule has 1 fully saturated rings. The van der Waals surface area contributed by atoms with Crippen LogP contribution < -0.4 is 0 Å². The zero-order chi connectivity index (χ0) is 18.7. The van der Waals surface area contributed by atoms with Gasteiger partial charge in [0.1, 0.15) is 9.90 Å². The lowest BCUT2D eigenvalue weighted by Crippen LogP contribution is -2.27. The molecule has 1 saturated heterocycles. The molecule has 0 bridgehead atoms. The van der Waals surface area contributed by atoms with E-state index in [0.717, 1.165) is 34.1 Å². The Morgan fingerprint density at radius 1 is 1.07 bits per heavy atom. The van der Waals surface area contributed by atoms with E-state index in [-0.39, 0.29) is 4.90 Å². The Labute approximate surface area is 167 Å². The third-order valence-corrected chi connectivity index (χ3v) is 8.15. The van der Waals surface area contributed by atoms with Gasteiger partial charge in [-0.05, 0) is 25.0 Å². The van der Waals surface area contributed by atoms with Gasteiger partial charge in [0.05, 0.1) is 10.7 Å². The van der Waals surface area contributed by atoms with Gasteiger partial charge < -0.3 is 0 Å². The van der Waals surface area contributed by atoms with E-state index in [0.29, 0.717) is 18.8 Å². The minimum absolute atomic E-state index is 0.272. The summed E-state index contributed by atoms with van der Waals surface area (Å²) >= 11 is 3.19. The number of nitrogens with zero attached hydrogens (tertiary/aromatic N) is 3. The van der Waals surface area contributed by atoms with E-state index in [4.69, 9.17) is 0 Å². The molecule has 0 N–H and O–H groups in total. The second-order valence-corrected chi connectivity index (χ2v) is 10.0. The Hall–Kier alpha value is -1.74. The van der Waals surface area contributed by atoms with Crippen LogP contribution in [0.25, 0.3) is 10.6 Å². The minimum Gasteiger partial charge on any atom is -0.249 e. The number of thioether (sulfide) groups is 1. The number of hydrogen-bond donors (Lipinski definition) is 0. The molecule has 1 aliphatic heterocycles. The Morgan fingerprint density at radius 3 is 2.56 bits per heavy atom. The predicted octanol–water partition coefficient (Wildman–Crippen LogP) is 4.28. The lowest BCUT2D eigenvalue weighted by atomic mass is 10.2. The third kappa shape index (κ3) is 4.24. The number of pyridine rings is 1. The van der Waals surface area contributed by atoms with Gasteiger partial charge in [0.25, 0.3) is 0 Å². The quantitative estimate of drug-likeness (QED) is 0.560. The molecule has 8 heteroatoms. The van der Waals surface area contributed by atoms with Gasteiger partial charge >= 0.3 is 0 Å². The molecule has 27 heavy (non-hydrogen) atoms. The van der Waals surface area contributed by atoms with E-state index >= 15 is 0 Å². The molecular weight excluding hydrogens is 398 g/mol. The molecule has 1 aliphatic rings. The van der Waals surface area contributed by atoms with Gasteiger partial charge in [0.2, 0.25) is 10.0 Å². The summed E-state index contributed by atoms with van der Waals surface area (Å²) in [7, 11) is -3.40. The molecule has 0 saturated carbocycles. The number of hydrogen-bond acceptors (Lipinski definition) is 6. The van der Waals surface area contributed by atoms with Crippen molar-refractivity contribution in [1.29, 1.82) is 0 Å². The highest BCUT2D eigenvalue weighted by Crippen LogP contribution is 2.28. The van der Waals surface area contributed by atoms with Crippen LogP contribution >= 0.6 is 23.1 Å². The van der Waals surface area contributed by atoms with Gasteiger partial charge in [-0.2, -0.15) is 4.31 Å². The molecule has 1 aromatic carbocycles. The summed E-state index contributed by atoms with van der Waals surface area (Å²) in [5.74, 6) is 0.703. The molecule has 3 heterocycles. The van der Waals surface area contributed by atoms with Crippen molar-refractivity contribution in [2.45, 2.75) is 28.5 Å². The molecule has 140 valence electrons. The van der Waals surface area contributed by atoms with Gasteiger partial charge in [-0.25, -0.2) is 18.4 Å². The first-order valence-electron chi connectivity index (χ1n) is 8.72. The molecule has 0 atom stereocenters. The van der Waals surface area contributed by atoms with Crippen molar-refractivity contribution in [3.63, 3.8) is 0 Å². The van der Waals surface area contributed by atoms with Gasteiger partial charge in [-0.15, -0.1) is 23.1 Å². The molecule has 0 spiro atoms. The molecule has 4 rings (SSSR count). The maximum atomic E-state index is 12.5. The number of rotatable bonds is 6. The molecule has 5 nitrogen and oxygen atoms in total. The van der Waals surface area contributed by atoms with Gasteiger partial charge in [0.15, 0.2) is 0 Å². The standard InChI is InChI=1S/C19H19N3O2S3/c23-27(24,22-10-4-5-11-22)17-8-9-18(20-12-17)25-13-16-14-26-19(21-16)15-6-2-1-3-7-15/h1-3,6-9,12,14H,4-5,10-11,13H2. The van der Waals surface area contributed by atoms with Gasteiger partial charge in [0, 0.05) is 36.0 Å². The van der Waals surface area contributed by atoms with Crippen LogP contribution in [0.5, 0.6) is 0 Å². The fraction of sp³-hybridized carbons (Fsp3) is 0.263. The highest BCUT2D eigenvalue weighted by Gasteiger charge is 2.27. The normalized spacial score (nSPS) is 15.3. The molecule has 0 radical (unpaired) electrons. The van der Waals surface area contributed by atoms with Crippen molar-refractivity contribution >= 4 is 33.1 Å². The summed E-state index contributed by atoms with van der Waals surface area (Å²) in [4.78, 5) is 9.27. The first-order valence-corrected chi connectivity index (χ1v) is 12.0. The van der Waals surface area contributed by atoms with Crippen molar-refractivity contribution in [2.75, 3.05) is 13.1 Å². The fourth-order valence-corrected chi connectivity index (χ4v) is 6.05. The molecule has 0 unspecified atom stereocenters. The van der Waals surface area contributed by atoms with Crippen molar-refractivity contribution in [3.8, 4) is 10.6 Å². The summed E-state index contributed by atoms with van der Waals surface area (Å²) in [6, 6.07) is 13.5. The van der Waals surface area contributed by atoms with Gasteiger partial charge in [-0.1, -0.05) is 30.3 Å². The van der Waals surface area contributed by atoms with Crippen LogP contribution in [-0.2, 0) is 15.8 Å². The summed E-state index contributed by atoms with van der Waals surface area (Å²) in [6.45, 7) is 1.21. The fourth-order valence-electron chi connectivity index (χ4n) is 2.92. The lowest BCUT2D eigenvalue weighted by molar-refractivity contribution is 0.477. The highest BCUT2D eigenvalue weighted by molar-refractivity contribution is 7.98. The smallest absolute Gasteiger partial charge is 0.244 e. The van der Waals surface area contributed by atoms with Crippen molar-refractivity contribution in [1.82, 2.24) is 14.3 Å². The maximum Gasteiger partial charge on any atom is 0.244 e. The Bertz CT molecular complexity index is 996. The summed E-state index contributed by atoms with van der Waals surface area (Å²) < 4.78 is 26.6. The van der Waals surface area contributed by atoms with E-state index in [1.807, 2.05) is 18.2 Å². The highest BCUT2D eigenvalue weighted by atomic mass is 32.2. The lowest BCUT2D eigenvalue weighted by Gasteiger charge is -2.15. The zero-order valence-electron chi connectivity index (χ0n) is 14.6. The first kappa shape index (κ1) is 18.6. The van der Waals surface area contributed by atoms with Crippen LogP contribution in [0.1, 0.15) is 18.5 Å². The average molecular weight is 418 g/mol. The van der Waals surface area contributed by atoms with Crippen LogP contribution in [0, 0.1) is 0 Å². The number of thiazole rings is 1. The zero-order valence-corrected chi connectivity index (χ0v) is 17.1. The van der Waals surface area contributed by atoms with Crippen LogP contribution in [0.4, 0.5) is 0 Å². The van der Waals surface area contributed by atoms with Crippen molar-refractivity contribution in [3.05, 3.63) is 59.7 Å². The van der Waals surface area contributed by atoms with Crippen LogP contribution in [0.2, 0.25) is 0 Å². The van der Waals surface area contributed by atoms with E-state index in [1.54, 1.807) is 35.2 Å². The number of aromatic nitrogens is 2. The molecular formula is C19H19N3O2S3. The van der Waals surface area contributed by atoms with E-state index in [1.165, 1.54) is 10.5 Å². The van der Waals surface area contributed by atoms with E-state index < -0.39 is 10.0 Å². The second kappa shape index (κ2) is 8.10. The Kier molecular flexibility index (Phi) is 5.58. The van der Waals surface area contributed by atoms with Crippen LogP contribution in [-0.4, -0.2) is 35.8 Å². The van der Waals surface area contributed by atoms with Gasteiger partial charge in [-0.3, -0.25) is 0 Å². The summed E-state index contributed by atoms with van der Waals surface area (Å²) in [5, 5.41) is 3.86. The largest absolute Gasteiger partial charge is 0.249 e. The average Bonchev–Trinajstić information content (AvgIpc) is 3.40. The summed E-state index contributed by atoms with van der Waals surface area (Å²) in [6.07, 6.45) is 3.32. The molecule has 0 amide bonds. The monoisotopic (exact) mass is 417 g/mol. The predicted molar refractivity (Wildman–Crippen MR) is 109 cm³/mol. The van der Waals surface area contributed by atoms with Crippen LogP contribution in [0.3, 0.4) is 0 Å². The SMILES string of the molecule is O=S(=O)(c1ccc(SCc2csc(-c3ccccc3)n2)nc1)N1CCCC1. The number of sulfonamides is 1. The maximum absolute atomic E-state index is 12.5. The molecule has 2 aromatic heterocycles. The topological polar surface area (TPSA) is 63.2 Å². The van der Waals surface area contributed by atoms with Crippen molar-refractivity contribution in [2.24, 2.45) is 0 Å². The van der Waals surface area contributed by atoms with E-state index in [9.17, 15) is 8.42 Å². The minimum atomic E-state index is -3.40. The van der Waals surface area contributed by atoms with Crippen LogP contribution in [0.15, 0.2) is 64.0 Å². The molecule has 0 aliphatic carbocycles.